The molecule has 0 spiro atoms. The zero-order valence-electron chi connectivity index (χ0n) is 14.2. The first-order chi connectivity index (χ1) is 11.5. The average Bonchev–Trinajstić information content (AvgIpc) is 3.16. The van der Waals surface area contributed by atoms with E-state index in [1.807, 2.05) is 6.07 Å². The highest BCUT2D eigenvalue weighted by Gasteiger charge is 2.13. The summed E-state index contributed by atoms with van der Waals surface area (Å²) in [5, 5.41) is 16.7. The Labute approximate surface area is 144 Å². The van der Waals surface area contributed by atoms with Crippen molar-refractivity contribution >= 4 is 11.8 Å². The van der Waals surface area contributed by atoms with E-state index in [9.17, 15) is 0 Å². The Morgan fingerprint density at radius 3 is 2.79 bits per heavy atom. The van der Waals surface area contributed by atoms with Crippen molar-refractivity contribution in [1.29, 1.82) is 0 Å². The van der Waals surface area contributed by atoms with Crippen LogP contribution < -0.4 is 0 Å². The van der Waals surface area contributed by atoms with Gasteiger partial charge in [-0.15, -0.1) is 5.10 Å². The third-order valence-corrected chi connectivity index (χ3v) is 4.51. The van der Waals surface area contributed by atoms with Gasteiger partial charge in [0, 0.05) is 6.42 Å². The van der Waals surface area contributed by atoms with Crippen molar-refractivity contribution in [2.24, 2.45) is 5.92 Å². The second-order valence-electron chi connectivity index (χ2n) is 6.13. The summed E-state index contributed by atoms with van der Waals surface area (Å²) in [4.78, 5) is 4.40. The van der Waals surface area contributed by atoms with Gasteiger partial charge >= 0.3 is 0 Å². The van der Waals surface area contributed by atoms with Crippen LogP contribution in [0.15, 0.2) is 27.9 Å². The van der Waals surface area contributed by atoms with E-state index in [0.717, 1.165) is 12.1 Å². The SMILES string of the molecule is Cc1ccc(-n2nnnc2SCc2noc(CC(C)C)n2)cc1C. The Hall–Kier alpha value is -2.22. The zero-order valence-corrected chi connectivity index (χ0v) is 15.0. The van der Waals surface area contributed by atoms with Crippen LogP contribution in [0.4, 0.5) is 0 Å². The molecule has 0 aliphatic carbocycles. The van der Waals surface area contributed by atoms with E-state index in [1.54, 1.807) is 4.68 Å². The van der Waals surface area contributed by atoms with Gasteiger partial charge in [0.15, 0.2) is 5.82 Å². The first kappa shape index (κ1) is 16.6. The van der Waals surface area contributed by atoms with Crippen LogP contribution in [0, 0.1) is 19.8 Å². The normalized spacial score (nSPS) is 11.4. The smallest absolute Gasteiger partial charge is 0.226 e. The molecule has 3 rings (SSSR count). The van der Waals surface area contributed by atoms with Crippen LogP contribution in [0.5, 0.6) is 0 Å². The van der Waals surface area contributed by atoms with E-state index in [-0.39, 0.29) is 0 Å². The highest BCUT2D eigenvalue weighted by atomic mass is 32.2. The molecular weight excluding hydrogens is 324 g/mol. The molecule has 0 fully saturated rings. The molecule has 0 N–H and O–H groups in total. The summed E-state index contributed by atoms with van der Waals surface area (Å²) in [7, 11) is 0. The standard InChI is InChI=1S/C16H20N6OS/c1-10(2)7-15-17-14(19-23-15)9-24-16-18-20-21-22(16)13-6-5-11(3)12(4)8-13/h5-6,8,10H,7,9H2,1-4H3. The number of hydrogen-bond donors (Lipinski definition) is 0. The Kier molecular flexibility index (Phi) is 4.94. The van der Waals surface area contributed by atoms with Gasteiger partial charge in [-0.3, -0.25) is 0 Å². The van der Waals surface area contributed by atoms with Crippen LogP contribution in [-0.2, 0) is 12.2 Å². The predicted molar refractivity (Wildman–Crippen MR) is 91.0 cm³/mol. The number of nitrogens with zero attached hydrogens (tertiary/aromatic N) is 6. The van der Waals surface area contributed by atoms with Gasteiger partial charge in [-0.25, -0.2) is 0 Å². The number of tetrazole rings is 1. The molecule has 0 atom stereocenters. The first-order valence-corrected chi connectivity index (χ1v) is 8.81. The molecule has 0 aliphatic rings. The van der Waals surface area contributed by atoms with Gasteiger partial charge in [0.1, 0.15) is 0 Å². The van der Waals surface area contributed by atoms with Gasteiger partial charge in [-0.05, 0) is 53.5 Å². The van der Waals surface area contributed by atoms with Crippen LogP contribution in [0.1, 0.15) is 36.7 Å². The molecule has 3 aromatic rings. The fraction of sp³-hybridized carbons (Fsp3) is 0.438. The third kappa shape index (κ3) is 3.81. The van der Waals surface area contributed by atoms with Gasteiger partial charge in [0.05, 0.1) is 11.4 Å². The molecule has 0 saturated carbocycles. The molecule has 0 radical (unpaired) electrons. The van der Waals surface area contributed by atoms with E-state index in [1.165, 1.54) is 22.9 Å². The fourth-order valence-corrected chi connectivity index (χ4v) is 2.93. The molecule has 0 aliphatic heterocycles. The summed E-state index contributed by atoms with van der Waals surface area (Å²) < 4.78 is 6.98. The van der Waals surface area contributed by atoms with Crippen molar-refractivity contribution in [1.82, 2.24) is 30.3 Å². The Bertz CT molecular complexity index is 826. The molecule has 1 aromatic carbocycles. The molecule has 24 heavy (non-hydrogen) atoms. The minimum Gasteiger partial charge on any atom is -0.339 e. The molecule has 0 saturated heterocycles. The average molecular weight is 344 g/mol. The Morgan fingerprint density at radius 1 is 1.21 bits per heavy atom. The molecule has 2 aromatic heterocycles. The van der Waals surface area contributed by atoms with Gasteiger partial charge < -0.3 is 4.52 Å². The zero-order chi connectivity index (χ0) is 17.1. The summed E-state index contributed by atoms with van der Waals surface area (Å²) in [6, 6.07) is 6.15. The van der Waals surface area contributed by atoms with Crippen molar-refractivity contribution in [3.8, 4) is 5.69 Å². The van der Waals surface area contributed by atoms with Crippen LogP contribution >= 0.6 is 11.8 Å². The van der Waals surface area contributed by atoms with Gasteiger partial charge in [0.2, 0.25) is 11.0 Å². The van der Waals surface area contributed by atoms with Gasteiger partial charge in [0.25, 0.3) is 0 Å². The summed E-state index contributed by atoms with van der Waals surface area (Å²) >= 11 is 1.49. The topological polar surface area (TPSA) is 82.5 Å². The number of aromatic nitrogens is 6. The molecule has 2 heterocycles. The van der Waals surface area contributed by atoms with E-state index >= 15 is 0 Å². The number of benzene rings is 1. The highest BCUT2D eigenvalue weighted by molar-refractivity contribution is 7.98. The number of hydrogen-bond acceptors (Lipinski definition) is 7. The summed E-state index contributed by atoms with van der Waals surface area (Å²) in [5.74, 6) is 2.38. The Balaban J connectivity index is 1.71. The van der Waals surface area contributed by atoms with E-state index in [4.69, 9.17) is 4.52 Å². The minimum atomic E-state index is 0.489. The van der Waals surface area contributed by atoms with E-state index in [0.29, 0.717) is 28.5 Å². The van der Waals surface area contributed by atoms with Crippen molar-refractivity contribution in [3.63, 3.8) is 0 Å². The lowest BCUT2D eigenvalue weighted by Gasteiger charge is -2.06. The molecule has 126 valence electrons. The first-order valence-electron chi connectivity index (χ1n) is 7.83. The summed E-state index contributed by atoms with van der Waals surface area (Å²) in [6.07, 6.45) is 0.790. The maximum atomic E-state index is 5.26. The lowest BCUT2D eigenvalue weighted by Crippen LogP contribution is -2.00. The van der Waals surface area contributed by atoms with Crippen LogP contribution in [0.2, 0.25) is 0 Å². The number of thioether (sulfide) groups is 1. The predicted octanol–water partition coefficient (Wildman–Crippen LogP) is 3.15. The number of rotatable bonds is 6. The maximum Gasteiger partial charge on any atom is 0.226 e. The summed E-state index contributed by atoms with van der Waals surface area (Å²) in [5.41, 5.74) is 3.39. The summed E-state index contributed by atoms with van der Waals surface area (Å²) in [6.45, 7) is 8.40. The quantitative estimate of drug-likeness (QED) is 0.635. The third-order valence-electron chi connectivity index (χ3n) is 3.60. The van der Waals surface area contributed by atoms with Gasteiger partial charge in [-0.1, -0.05) is 36.8 Å². The Morgan fingerprint density at radius 2 is 2.04 bits per heavy atom. The molecule has 7 nitrogen and oxygen atoms in total. The van der Waals surface area contributed by atoms with Crippen molar-refractivity contribution in [2.45, 2.75) is 45.0 Å². The minimum absolute atomic E-state index is 0.489. The van der Waals surface area contributed by atoms with Crippen molar-refractivity contribution in [2.75, 3.05) is 0 Å². The molecule has 8 heteroatoms. The lowest BCUT2D eigenvalue weighted by atomic mass is 10.1. The monoisotopic (exact) mass is 344 g/mol. The van der Waals surface area contributed by atoms with E-state index < -0.39 is 0 Å². The van der Waals surface area contributed by atoms with Crippen LogP contribution in [0.25, 0.3) is 5.69 Å². The van der Waals surface area contributed by atoms with E-state index in [2.05, 4.69) is 65.5 Å². The molecule has 0 bridgehead atoms. The van der Waals surface area contributed by atoms with Crippen LogP contribution in [0.3, 0.4) is 0 Å². The number of aryl methyl sites for hydroxylation is 2. The lowest BCUT2D eigenvalue weighted by molar-refractivity contribution is 0.360. The van der Waals surface area contributed by atoms with Crippen molar-refractivity contribution < 1.29 is 4.52 Å². The van der Waals surface area contributed by atoms with Gasteiger partial charge in [-0.2, -0.15) is 9.67 Å². The fourth-order valence-electron chi connectivity index (χ4n) is 2.20. The maximum absolute atomic E-state index is 5.26. The molecule has 0 amide bonds. The second kappa shape index (κ2) is 7.12. The van der Waals surface area contributed by atoms with Crippen LogP contribution in [-0.4, -0.2) is 30.3 Å². The molecular formula is C16H20N6OS. The van der Waals surface area contributed by atoms with Crippen molar-refractivity contribution in [3.05, 3.63) is 41.0 Å². The second-order valence-corrected chi connectivity index (χ2v) is 7.08. The molecule has 0 unspecified atom stereocenters. The highest BCUT2D eigenvalue weighted by Crippen LogP contribution is 2.22. The largest absolute Gasteiger partial charge is 0.339 e.